The lowest BCUT2D eigenvalue weighted by atomic mass is 10.0. The molecule has 172 valence electrons. The molecule has 1 fully saturated rings. The maximum absolute atomic E-state index is 12.7. The summed E-state index contributed by atoms with van der Waals surface area (Å²) in [5.41, 5.74) is 4.86. The fourth-order valence-electron chi connectivity index (χ4n) is 3.29. The van der Waals surface area contributed by atoms with Gasteiger partial charge in [0.1, 0.15) is 18.0 Å². The SMILES string of the molecule is CCC(C[C@H]1O[C@@H](n2cc(I)c(N)nc2=O)[C@H](O)[C@@H]1O)OP(=O)(O)C(O)(CC)CC. The Bertz CT molecular complexity index is 849. The standard InChI is InChI=1S/C17H29IN3O8P/c1-4-9(29-30(26,27)17(25,5-2)6-3)7-11-12(22)13(23)15(28-11)21-8-10(18)14(19)20-16(21)24/h8-9,11-13,15,22-23,25H,4-7H2,1-3H3,(H,26,27)(H2,19,20,24)/t9?,11-,12-,13-,15-/m1/s1. The molecule has 0 spiro atoms. The third-order valence-electron chi connectivity index (χ3n) is 5.45. The molecule has 1 aromatic rings. The lowest BCUT2D eigenvalue weighted by Crippen LogP contribution is -2.36. The highest BCUT2D eigenvalue weighted by molar-refractivity contribution is 14.1. The van der Waals surface area contributed by atoms with E-state index in [1.807, 2.05) is 22.6 Å². The highest BCUT2D eigenvalue weighted by Crippen LogP contribution is 2.58. The summed E-state index contributed by atoms with van der Waals surface area (Å²) in [5, 5.41) is 29.4. The van der Waals surface area contributed by atoms with Crippen molar-refractivity contribution in [1.82, 2.24) is 9.55 Å². The van der Waals surface area contributed by atoms with Crippen LogP contribution in [-0.4, -0.2) is 59.5 Å². The van der Waals surface area contributed by atoms with E-state index in [1.165, 1.54) is 6.20 Å². The first-order chi connectivity index (χ1) is 13.9. The second-order valence-electron chi connectivity index (χ2n) is 7.29. The van der Waals surface area contributed by atoms with Crippen molar-refractivity contribution >= 4 is 36.0 Å². The van der Waals surface area contributed by atoms with Crippen molar-refractivity contribution in [3.63, 3.8) is 0 Å². The third-order valence-corrected chi connectivity index (χ3v) is 8.55. The van der Waals surface area contributed by atoms with E-state index in [0.717, 1.165) is 4.57 Å². The minimum atomic E-state index is -4.40. The predicted octanol–water partition coefficient (Wildman–Crippen LogP) is 0.929. The van der Waals surface area contributed by atoms with Gasteiger partial charge in [-0.2, -0.15) is 4.98 Å². The molecule has 11 nitrogen and oxygen atoms in total. The Balaban J connectivity index is 2.19. The van der Waals surface area contributed by atoms with Gasteiger partial charge in [-0.05, 0) is 41.9 Å². The van der Waals surface area contributed by atoms with E-state index in [2.05, 4.69) is 4.98 Å². The average Bonchev–Trinajstić information content (AvgIpc) is 2.97. The fraction of sp³-hybridized carbons (Fsp3) is 0.765. The van der Waals surface area contributed by atoms with Crippen LogP contribution < -0.4 is 11.4 Å². The minimum Gasteiger partial charge on any atom is -0.388 e. The Kier molecular flexibility index (Phi) is 8.47. The number of ether oxygens (including phenoxy) is 1. The number of rotatable bonds is 9. The van der Waals surface area contributed by atoms with Gasteiger partial charge in [0.25, 0.3) is 0 Å². The molecule has 0 radical (unpaired) electrons. The number of nitrogens with zero attached hydrogens (tertiary/aromatic N) is 2. The highest BCUT2D eigenvalue weighted by atomic mass is 127. The van der Waals surface area contributed by atoms with E-state index >= 15 is 0 Å². The van der Waals surface area contributed by atoms with Gasteiger partial charge < -0.3 is 35.2 Å². The summed E-state index contributed by atoms with van der Waals surface area (Å²) in [6.45, 7) is 4.88. The molecule has 1 aliphatic rings. The zero-order chi connectivity index (χ0) is 22.9. The quantitative estimate of drug-likeness (QED) is 0.215. The second-order valence-corrected chi connectivity index (χ2v) is 10.5. The van der Waals surface area contributed by atoms with Gasteiger partial charge in [0.2, 0.25) is 0 Å². The van der Waals surface area contributed by atoms with Gasteiger partial charge >= 0.3 is 13.3 Å². The molecule has 0 saturated carbocycles. The lowest BCUT2D eigenvalue weighted by Gasteiger charge is -2.33. The second kappa shape index (κ2) is 9.90. The molecule has 2 heterocycles. The Morgan fingerprint density at radius 3 is 2.50 bits per heavy atom. The van der Waals surface area contributed by atoms with Crippen LogP contribution in [0.2, 0.25) is 0 Å². The molecule has 6 atom stereocenters. The average molecular weight is 561 g/mol. The Morgan fingerprint density at radius 2 is 1.97 bits per heavy atom. The molecular formula is C17H29IN3O8P. The molecule has 1 saturated heterocycles. The van der Waals surface area contributed by atoms with Crippen LogP contribution in [0.4, 0.5) is 5.82 Å². The van der Waals surface area contributed by atoms with E-state index in [1.54, 1.807) is 20.8 Å². The van der Waals surface area contributed by atoms with Gasteiger partial charge in [-0.1, -0.05) is 20.8 Å². The van der Waals surface area contributed by atoms with Gasteiger partial charge in [0.05, 0.1) is 15.8 Å². The van der Waals surface area contributed by atoms with Crippen molar-refractivity contribution in [2.45, 2.75) is 82.4 Å². The molecule has 6 N–H and O–H groups in total. The summed E-state index contributed by atoms with van der Waals surface area (Å²) in [6, 6.07) is 0. The van der Waals surface area contributed by atoms with Crippen LogP contribution >= 0.6 is 30.2 Å². The number of aromatic nitrogens is 2. The summed E-state index contributed by atoms with van der Waals surface area (Å²) in [7, 11) is -4.40. The first-order valence-corrected chi connectivity index (χ1v) is 12.4. The van der Waals surface area contributed by atoms with E-state index in [4.69, 9.17) is 15.0 Å². The molecule has 0 aliphatic carbocycles. The summed E-state index contributed by atoms with van der Waals surface area (Å²) >= 11 is 1.88. The van der Waals surface area contributed by atoms with E-state index in [9.17, 15) is 29.6 Å². The predicted molar refractivity (Wildman–Crippen MR) is 117 cm³/mol. The number of hydrogen-bond acceptors (Lipinski definition) is 9. The number of anilines is 1. The van der Waals surface area contributed by atoms with Gasteiger partial charge in [-0.3, -0.25) is 9.13 Å². The van der Waals surface area contributed by atoms with Crippen molar-refractivity contribution in [3.05, 3.63) is 20.3 Å². The molecule has 13 heteroatoms. The molecule has 30 heavy (non-hydrogen) atoms. The van der Waals surface area contributed by atoms with Crippen LogP contribution in [0, 0.1) is 3.57 Å². The number of aliphatic hydroxyl groups excluding tert-OH is 2. The number of nitrogen functional groups attached to an aromatic ring is 1. The minimum absolute atomic E-state index is 0.0305. The van der Waals surface area contributed by atoms with Gasteiger partial charge in [-0.25, -0.2) is 4.79 Å². The number of nitrogens with two attached hydrogens (primary N) is 1. The zero-order valence-electron chi connectivity index (χ0n) is 17.0. The van der Waals surface area contributed by atoms with Crippen LogP contribution in [0.5, 0.6) is 0 Å². The first-order valence-electron chi connectivity index (χ1n) is 9.70. The summed E-state index contributed by atoms with van der Waals surface area (Å²) in [5.74, 6) is 0.0407. The topological polar surface area (TPSA) is 177 Å². The molecule has 0 bridgehead atoms. The Morgan fingerprint density at radius 1 is 1.37 bits per heavy atom. The molecule has 0 aromatic carbocycles. The number of aliphatic hydroxyl groups is 3. The fourth-order valence-corrected chi connectivity index (χ4v) is 5.34. The van der Waals surface area contributed by atoms with E-state index in [0.29, 0.717) is 9.99 Å². The lowest BCUT2D eigenvalue weighted by molar-refractivity contribution is -0.0532. The smallest absolute Gasteiger partial charge is 0.359 e. The molecule has 2 rings (SSSR count). The van der Waals surface area contributed by atoms with Crippen molar-refractivity contribution in [1.29, 1.82) is 0 Å². The molecule has 2 unspecified atom stereocenters. The van der Waals surface area contributed by atoms with Crippen molar-refractivity contribution in [2.24, 2.45) is 0 Å². The van der Waals surface area contributed by atoms with E-state index in [-0.39, 0.29) is 25.1 Å². The van der Waals surface area contributed by atoms with E-state index < -0.39 is 49.3 Å². The summed E-state index contributed by atoms with van der Waals surface area (Å²) in [6.07, 6.45) is -4.14. The van der Waals surface area contributed by atoms with Crippen molar-refractivity contribution < 1.29 is 34.0 Å². The Labute approximate surface area is 187 Å². The molecular weight excluding hydrogens is 532 g/mol. The van der Waals surface area contributed by atoms with Gasteiger partial charge in [-0.15, -0.1) is 0 Å². The largest absolute Gasteiger partial charge is 0.388 e. The third kappa shape index (κ3) is 5.07. The van der Waals surface area contributed by atoms with Gasteiger partial charge in [0, 0.05) is 12.6 Å². The van der Waals surface area contributed by atoms with Crippen LogP contribution in [0.15, 0.2) is 11.0 Å². The van der Waals surface area contributed by atoms with Crippen molar-refractivity contribution in [3.8, 4) is 0 Å². The monoisotopic (exact) mass is 561 g/mol. The zero-order valence-corrected chi connectivity index (χ0v) is 20.1. The van der Waals surface area contributed by atoms with Crippen LogP contribution in [0.3, 0.4) is 0 Å². The molecule has 1 aromatic heterocycles. The van der Waals surface area contributed by atoms with Crippen LogP contribution in [-0.2, 0) is 13.8 Å². The van der Waals surface area contributed by atoms with Crippen molar-refractivity contribution in [2.75, 3.05) is 5.73 Å². The summed E-state index contributed by atoms with van der Waals surface area (Å²) < 4.78 is 25.2. The maximum Gasteiger partial charge on any atom is 0.359 e. The maximum atomic E-state index is 12.7. The summed E-state index contributed by atoms with van der Waals surface area (Å²) in [4.78, 5) is 26.1. The normalized spacial score (nSPS) is 27.7. The molecule has 1 aliphatic heterocycles. The van der Waals surface area contributed by atoms with Crippen LogP contribution in [0.1, 0.15) is 52.7 Å². The Hall–Kier alpha value is -0.600. The molecule has 0 amide bonds. The number of hydrogen-bond donors (Lipinski definition) is 5. The van der Waals surface area contributed by atoms with Gasteiger partial charge in [0.15, 0.2) is 11.6 Å². The first kappa shape index (κ1) is 25.7. The van der Waals surface area contributed by atoms with Crippen LogP contribution in [0.25, 0.3) is 0 Å². The highest BCUT2D eigenvalue weighted by Gasteiger charge is 2.48. The number of halogens is 1.